The minimum absolute atomic E-state index is 0.266. The van der Waals surface area contributed by atoms with Crippen molar-refractivity contribution in [3.8, 4) is 0 Å². The van der Waals surface area contributed by atoms with Crippen LogP contribution in [0.1, 0.15) is 27.7 Å². The van der Waals surface area contributed by atoms with Crippen LogP contribution in [0.15, 0.2) is 12.2 Å². The number of carbonyl (C=O) groups is 2. The third-order valence-corrected chi connectivity index (χ3v) is 2.80. The molecule has 0 spiro atoms. The van der Waals surface area contributed by atoms with E-state index in [-0.39, 0.29) is 5.92 Å². The van der Waals surface area contributed by atoms with Gasteiger partial charge in [0, 0.05) is 12.2 Å². The number of hydrogen-bond acceptors (Lipinski definition) is 3. The smallest absolute Gasteiger partial charge is 0.331 e. The van der Waals surface area contributed by atoms with Crippen LogP contribution in [0.25, 0.3) is 0 Å². The maximum atomic E-state index is 11.1. The van der Waals surface area contributed by atoms with Gasteiger partial charge in [0.15, 0.2) is 0 Å². The van der Waals surface area contributed by atoms with Crippen LogP contribution < -0.4 is 0 Å². The summed E-state index contributed by atoms with van der Waals surface area (Å²) in [7, 11) is 0. The summed E-state index contributed by atoms with van der Waals surface area (Å²) in [4.78, 5) is 21.2. The number of aliphatic carboxylic acids is 1. The first kappa shape index (κ1) is 14.7. The fourth-order valence-electron chi connectivity index (χ4n) is 1.21. The van der Waals surface area contributed by atoms with Gasteiger partial charge in [-0.25, -0.2) is 9.59 Å². The zero-order valence-electron chi connectivity index (χ0n) is 10.3. The Balaban J connectivity index is 3.97. The van der Waals surface area contributed by atoms with Crippen LogP contribution in [-0.2, 0) is 14.3 Å². The second-order valence-electron chi connectivity index (χ2n) is 4.38. The number of carbonyl (C=O) groups excluding carboxylic acids is 1. The van der Waals surface area contributed by atoms with E-state index >= 15 is 0 Å². The van der Waals surface area contributed by atoms with Crippen LogP contribution in [0.4, 0.5) is 0 Å². The Morgan fingerprint density at radius 2 is 1.75 bits per heavy atom. The molecule has 0 fully saturated rings. The molecule has 2 unspecified atom stereocenters. The van der Waals surface area contributed by atoms with Gasteiger partial charge in [-0.3, -0.25) is 0 Å². The average molecular weight is 228 g/mol. The predicted octanol–water partition coefficient (Wildman–Crippen LogP) is 2.10. The second-order valence-corrected chi connectivity index (χ2v) is 4.38. The van der Waals surface area contributed by atoms with Crippen molar-refractivity contribution in [2.75, 3.05) is 6.61 Å². The number of carboxylic acid groups (broad SMARTS) is 1. The molecule has 1 N–H and O–H groups in total. The maximum absolute atomic E-state index is 11.1. The molecule has 2 atom stereocenters. The highest BCUT2D eigenvalue weighted by atomic mass is 16.5. The second kappa shape index (κ2) is 7.04. The van der Waals surface area contributed by atoms with Gasteiger partial charge in [0.1, 0.15) is 0 Å². The molecule has 0 aliphatic rings. The first-order chi connectivity index (χ1) is 7.34. The summed E-state index contributed by atoms with van der Waals surface area (Å²) in [6, 6.07) is 0. The fraction of sp³-hybridized carbons (Fsp3) is 0.667. The van der Waals surface area contributed by atoms with E-state index in [1.165, 1.54) is 0 Å². The highest BCUT2D eigenvalue weighted by Crippen LogP contribution is 2.20. The largest absolute Gasteiger partial charge is 0.478 e. The summed E-state index contributed by atoms with van der Waals surface area (Å²) in [5, 5.41) is 8.31. The Morgan fingerprint density at radius 1 is 1.19 bits per heavy atom. The fourth-order valence-corrected chi connectivity index (χ4v) is 1.21. The van der Waals surface area contributed by atoms with E-state index in [4.69, 9.17) is 9.84 Å². The molecule has 4 nitrogen and oxygen atoms in total. The molecule has 0 heterocycles. The van der Waals surface area contributed by atoms with Crippen LogP contribution >= 0.6 is 0 Å². The summed E-state index contributed by atoms with van der Waals surface area (Å²) in [6.07, 6.45) is 1.70. The molecule has 0 aromatic carbocycles. The van der Waals surface area contributed by atoms with Gasteiger partial charge in [-0.05, 0) is 17.8 Å². The zero-order chi connectivity index (χ0) is 12.7. The predicted molar refractivity (Wildman–Crippen MR) is 60.9 cm³/mol. The third kappa shape index (κ3) is 6.22. The van der Waals surface area contributed by atoms with E-state index in [9.17, 15) is 9.59 Å². The van der Waals surface area contributed by atoms with Crippen molar-refractivity contribution in [1.82, 2.24) is 0 Å². The Bertz CT molecular complexity index is 268. The molecular weight excluding hydrogens is 208 g/mol. The van der Waals surface area contributed by atoms with Crippen molar-refractivity contribution in [3.63, 3.8) is 0 Å². The lowest BCUT2D eigenvalue weighted by Gasteiger charge is -2.22. The van der Waals surface area contributed by atoms with Gasteiger partial charge in [0.2, 0.25) is 0 Å². The molecule has 0 radical (unpaired) electrons. The maximum Gasteiger partial charge on any atom is 0.331 e. The summed E-state index contributed by atoms with van der Waals surface area (Å²) in [5.41, 5.74) is 0. The molecule has 0 aromatic heterocycles. The van der Waals surface area contributed by atoms with Crippen LogP contribution in [0, 0.1) is 17.8 Å². The van der Waals surface area contributed by atoms with Gasteiger partial charge in [-0.2, -0.15) is 0 Å². The summed E-state index contributed by atoms with van der Waals surface area (Å²) in [5.74, 6) is -0.507. The van der Waals surface area contributed by atoms with Gasteiger partial charge in [-0.15, -0.1) is 0 Å². The van der Waals surface area contributed by atoms with Crippen LogP contribution in [0.5, 0.6) is 0 Å². The van der Waals surface area contributed by atoms with Crippen LogP contribution in [0.2, 0.25) is 0 Å². The number of hydrogen-bond donors (Lipinski definition) is 1. The molecule has 0 aliphatic carbocycles. The van der Waals surface area contributed by atoms with Gasteiger partial charge >= 0.3 is 11.9 Å². The van der Waals surface area contributed by atoms with Gasteiger partial charge in [0.25, 0.3) is 0 Å². The van der Waals surface area contributed by atoms with Crippen molar-refractivity contribution < 1.29 is 19.4 Å². The highest BCUT2D eigenvalue weighted by molar-refractivity contribution is 5.90. The summed E-state index contributed by atoms with van der Waals surface area (Å²) in [6.45, 7) is 8.68. The Hall–Kier alpha value is -1.32. The van der Waals surface area contributed by atoms with Crippen LogP contribution in [-0.4, -0.2) is 23.7 Å². The third-order valence-electron chi connectivity index (χ3n) is 2.80. The Kier molecular flexibility index (Phi) is 6.46. The molecule has 0 saturated carbocycles. The molecule has 4 heteroatoms. The Morgan fingerprint density at radius 3 is 2.19 bits per heavy atom. The number of carboxylic acids is 1. The molecular formula is C12H20O4. The lowest BCUT2D eigenvalue weighted by Crippen LogP contribution is -2.20. The molecule has 0 aromatic rings. The van der Waals surface area contributed by atoms with E-state index in [1.807, 2.05) is 6.92 Å². The van der Waals surface area contributed by atoms with E-state index in [1.54, 1.807) is 0 Å². The highest BCUT2D eigenvalue weighted by Gasteiger charge is 2.16. The first-order valence-electron chi connectivity index (χ1n) is 5.42. The lowest BCUT2D eigenvalue weighted by molar-refractivity contribution is -0.140. The zero-order valence-corrected chi connectivity index (χ0v) is 10.3. The quantitative estimate of drug-likeness (QED) is 0.558. The standard InChI is InChI=1S/C12H20O4/c1-8(2)10(4)9(3)7-16-12(15)6-5-11(13)14/h5-6,8-10H,7H2,1-4H3,(H,13,14). The van der Waals surface area contributed by atoms with Gasteiger partial charge in [0.05, 0.1) is 6.61 Å². The summed E-state index contributed by atoms with van der Waals surface area (Å²) < 4.78 is 4.94. The number of rotatable bonds is 6. The van der Waals surface area contributed by atoms with Crippen LogP contribution in [0.3, 0.4) is 0 Å². The number of ether oxygens (including phenoxy) is 1. The molecule has 0 bridgehead atoms. The van der Waals surface area contributed by atoms with Gasteiger partial charge < -0.3 is 9.84 Å². The van der Waals surface area contributed by atoms with Crippen molar-refractivity contribution in [2.45, 2.75) is 27.7 Å². The topological polar surface area (TPSA) is 63.6 Å². The lowest BCUT2D eigenvalue weighted by atomic mass is 9.87. The van der Waals surface area contributed by atoms with E-state index in [0.29, 0.717) is 18.4 Å². The summed E-state index contributed by atoms with van der Waals surface area (Å²) >= 11 is 0. The monoisotopic (exact) mass is 228 g/mol. The minimum Gasteiger partial charge on any atom is -0.478 e. The molecule has 0 saturated heterocycles. The molecule has 0 rings (SSSR count). The Labute approximate surface area is 96.3 Å². The minimum atomic E-state index is -1.15. The van der Waals surface area contributed by atoms with E-state index in [0.717, 1.165) is 12.2 Å². The molecule has 92 valence electrons. The van der Waals surface area contributed by atoms with Gasteiger partial charge in [-0.1, -0.05) is 27.7 Å². The normalized spacial score (nSPS) is 15.1. The SMILES string of the molecule is CC(C)C(C)C(C)COC(=O)C=CC(=O)O. The average Bonchev–Trinajstić information content (AvgIpc) is 2.21. The van der Waals surface area contributed by atoms with Crippen molar-refractivity contribution in [1.29, 1.82) is 0 Å². The first-order valence-corrected chi connectivity index (χ1v) is 5.42. The van der Waals surface area contributed by atoms with Crippen molar-refractivity contribution in [2.24, 2.45) is 17.8 Å². The molecule has 0 amide bonds. The molecule has 16 heavy (non-hydrogen) atoms. The molecule has 0 aliphatic heterocycles. The number of esters is 1. The van der Waals surface area contributed by atoms with E-state index < -0.39 is 11.9 Å². The van der Waals surface area contributed by atoms with Crippen molar-refractivity contribution in [3.05, 3.63) is 12.2 Å². The van der Waals surface area contributed by atoms with E-state index in [2.05, 4.69) is 20.8 Å². The van der Waals surface area contributed by atoms with Crippen molar-refractivity contribution >= 4 is 11.9 Å².